The van der Waals surface area contributed by atoms with Crippen molar-refractivity contribution in [3.63, 3.8) is 0 Å². The van der Waals surface area contributed by atoms with Crippen molar-refractivity contribution in [2.75, 3.05) is 6.61 Å². The molecule has 0 fully saturated rings. The highest BCUT2D eigenvalue weighted by molar-refractivity contribution is 6.04. The van der Waals surface area contributed by atoms with Crippen LogP contribution in [0.15, 0.2) is 84.9 Å². The van der Waals surface area contributed by atoms with Crippen LogP contribution in [-0.4, -0.2) is 21.1 Å². The van der Waals surface area contributed by atoms with Crippen molar-refractivity contribution in [3.8, 4) is 11.6 Å². The summed E-state index contributed by atoms with van der Waals surface area (Å²) in [4.78, 5) is 9.91. The fourth-order valence-electron chi connectivity index (χ4n) is 4.22. The molecule has 0 amide bonds. The second-order valence-corrected chi connectivity index (χ2v) is 8.35. The minimum absolute atomic E-state index is 0.454. The molecule has 0 atom stereocenters. The van der Waals surface area contributed by atoms with E-state index in [4.69, 9.17) is 19.4 Å². The number of nitrogens with zero attached hydrogens (tertiary/aromatic N) is 3. The molecule has 2 aromatic heterocycles. The molecule has 0 aliphatic rings. The molecule has 0 saturated heterocycles. The van der Waals surface area contributed by atoms with Gasteiger partial charge in [-0.3, -0.25) is 0 Å². The Morgan fingerprint density at radius 1 is 0.794 bits per heavy atom. The van der Waals surface area contributed by atoms with Crippen molar-refractivity contribution < 1.29 is 9.47 Å². The van der Waals surface area contributed by atoms with E-state index in [2.05, 4.69) is 35.8 Å². The number of fused-ring (bicyclic) bond motifs is 3. The molecule has 5 rings (SSSR count). The van der Waals surface area contributed by atoms with Crippen molar-refractivity contribution in [3.05, 3.63) is 96.3 Å². The number of para-hydroxylation sites is 2. The van der Waals surface area contributed by atoms with Gasteiger partial charge < -0.3 is 14.0 Å². The van der Waals surface area contributed by atoms with E-state index < -0.39 is 0 Å². The zero-order valence-electron chi connectivity index (χ0n) is 19.5. The lowest BCUT2D eigenvalue weighted by molar-refractivity contribution is 0.297. The van der Waals surface area contributed by atoms with Gasteiger partial charge in [-0.15, -0.1) is 0 Å². The van der Waals surface area contributed by atoms with Gasteiger partial charge in [-0.05, 0) is 30.2 Å². The summed E-state index contributed by atoms with van der Waals surface area (Å²) < 4.78 is 14.6. The summed E-state index contributed by atoms with van der Waals surface area (Å²) in [6.07, 6.45) is 3.09. The molecule has 0 unspecified atom stereocenters. The SMILES string of the molecule is CCCCc1nc2c(OCc3ccccc3)nc3ccccc3c2n1CCOc1ccccc1. The molecule has 172 valence electrons. The smallest absolute Gasteiger partial charge is 0.243 e. The predicted octanol–water partition coefficient (Wildman–Crippen LogP) is 6.59. The number of ether oxygens (including phenoxy) is 2. The Hall–Kier alpha value is -3.86. The minimum atomic E-state index is 0.454. The Morgan fingerprint density at radius 2 is 1.53 bits per heavy atom. The molecular formula is C29H29N3O2. The molecule has 5 nitrogen and oxygen atoms in total. The summed E-state index contributed by atoms with van der Waals surface area (Å²) >= 11 is 0. The molecule has 0 bridgehead atoms. The van der Waals surface area contributed by atoms with Gasteiger partial charge in [0, 0.05) is 11.8 Å². The van der Waals surface area contributed by atoms with Crippen LogP contribution in [0, 0.1) is 0 Å². The van der Waals surface area contributed by atoms with Crippen LogP contribution in [0.1, 0.15) is 31.2 Å². The molecule has 5 aromatic rings. The molecule has 0 N–H and O–H groups in total. The zero-order chi connectivity index (χ0) is 23.2. The molecular weight excluding hydrogens is 422 g/mol. The van der Waals surface area contributed by atoms with Gasteiger partial charge in [0.25, 0.3) is 0 Å². The lowest BCUT2D eigenvalue weighted by atomic mass is 10.2. The van der Waals surface area contributed by atoms with Crippen molar-refractivity contribution in [1.82, 2.24) is 14.5 Å². The fourth-order valence-corrected chi connectivity index (χ4v) is 4.22. The molecule has 3 aromatic carbocycles. The number of hydrogen-bond acceptors (Lipinski definition) is 4. The van der Waals surface area contributed by atoms with Crippen LogP contribution in [0.2, 0.25) is 0 Å². The first-order valence-electron chi connectivity index (χ1n) is 12.0. The Labute approximate surface area is 200 Å². The van der Waals surface area contributed by atoms with Crippen LogP contribution in [0.25, 0.3) is 21.9 Å². The van der Waals surface area contributed by atoms with Crippen LogP contribution in [-0.2, 0) is 19.6 Å². The number of rotatable bonds is 10. The average molecular weight is 452 g/mol. The number of benzene rings is 3. The second kappa shape index (κ2) is 10.4. The highest BCUT2D eigenvalue weighted by Crippen LogP contribution is 2.32. The van der Waals surface area contributed by atoms with Gasteiger partial charge in [-0.25, -0.2) is 9.97 Å². The van der Waals surface area contributed by atoms with Gasteiger partial charge in [0.1, 0.15) is 24.8 Å². The van der Waals surface area contributed by atoms with Crippen LogP contribution in [0.4, 0.5) is 0 Å². The predicted molar refractivity (Wildman–Crippen MR) is 136 cm³/mol. The van der Waals surface area contributed by atoms with Crippen molar-refractivity contribution in [2.45, 2.75) is 39.3 Å². The van der Waals surface area contributed by atoms with Gasteiger partial charge in [-0.1, -0.05) is 80.1 Å². The highest BCUT2D eigenvalue weighted by Gasteiger charge is 2.19. The number of imidazole rings is 1. The molecule has 2 heterocycles. The summed E-state index contributed by atoms with van der Waals surface area (Å²) in [7, 11) is 0. The van der Waals surface area contributed by atoms with Crippen LogP contribution in [0.3, 0.4) is 0 Å². The third kappa shape index (κ3) is 4.74. The third-order valence-electron chi connectivity index (χ3n) is 5.93. The lowest BCUT2D eigenvalue weighted by Gasteiger charge is -2.13. The lowest BCUT2D eigenvalue weighted by Crippen LogP contribution is -2.11. The van der Waals surface area contributed by atoms with E-state index in [9.17, 15) is 0 Å². The summed E-state index contributed by atoms with van der Waals surface area (Å²) in [6, 6.07) is 28.3. The number of aromatic nitrogens is 3. The summed E-state index contributed by atoms with van der Waals surface area (Å²) in [6.45, 7) is 3.93. The monoisotopic (exact) mass is 451 g/mol. The van der Waals surface area contributed by atoms with Crippen LogP contribution in [0.5, 0.6) is 11.6 Å². The molecule has 5 heteroatoms. The first-order valence-corrected chi connectivity index (χ1v) is 12.0. The molecule has 0 aliphatic carbocycles. The Morgan fingerprint density at radius 3 is 2.32 bits per heavy atom. The Bertz CT molecular complexity index is 1360. The quantitative estimate of drug-likeness (QED) is 0.240. The fraction of sp³-hybridized carbons (Fsp3) is 0.241. The van der Waals surface area contributed by atoms with E-state index in [0.29, 0.717) is 25.6 Å². The van der Waals surface area contributed by atoms with E-state index in [1.807, 2.05) is 60.7 Å². The molecule has 0 saturated carbocycles. The van der Waals surface area contributed by atoms with Gasteiger partial charge in [-0.2, -0.15) is 0 Å². The molecule has 34 heavy (non-hydrogen) atoms. The van der Waals surface area contributed by atoms with Gasteiger partial charge in [0.15, 0.2) is 5.52 Å². The van der Waals surface area contributed by atoms with E-state index in [1.54, 1.807) is 0 Å². The molecule has 0 spiro atoms. The maximum Gasteiger partial charge on any atom is 0.243 e. The van der Waals surface area contributed by atoms with Crippen molar-refractivity contribution in [1.29, 1.82) is 0 Å². The third-order valence-corrected chi connectivity index (χ3v) is 5.93. The standard InChI is InChI=1S/C29H29N3O2/c1-2-3-18-26-31-27-28(32(26)19-20-33-23-14-8-5-9-15-23)24-16-10-11-17-25(24)30-29(27)34-21-22-12-6-4-7-13-22/h4-17H,2-3,18-21H2,1H3. The number of pyridine rings is 1. The largest absolute Gasteiger partial charge is 0.492 e. The van der Waals surface area contributed by atoms with Gasteiger partial charge in [0.2, 0.25) is 5.88 Å². The minimum Gasteiger partial charge on any atom is -0.492 e. The Kier molecular flexibility index (Phi) is 6.71. The van der Waals surface area contributed by atoms with Crippen LogP contribution < -0.4 is 9.47 Å². The van der Waals surface area contributed by atoms with E-state index in [0.717, 1.165) is 58.3 Å². The van der Waals surface area contributed by atoms with E-state index in [-0.39, 0.29) is 0 Å². The van der Waals surface area contributed by atoms with E-state index in [1.165, 1.54) is 0 Å². The average Bonchev–Trinajstić information content (AvgIpc) is 3.26. The van der Waals surface area contributed by atoms with Crippen LogP contribution >= 0.6 is 0 Å². The molecule has 0 aliphatic heterocycles. The van der Waals surface area contributed by atoms with Crippen molar-refractivity contribution in [2.24, 2.45) is 0 Å². The highest BCUT2D eigenvalue weighted by atomic mass is 16.5. The Balaban J connectivity index is 1.54. The number of hydrogen-bond donors (Lipinski definition) is 0. The topological polar surface area (TPSA) is 49.2 Å². The zero-order valence-corrected chi connectivity index (χ0v) is 19.5. The first kappa shape index (κ1) is 22.0. The second-order valence-electron chi connectivity index (χ2n) is 8.35. The normalized spacial score (nSPS) is 11.2. The summed E-state index contributed by atoms with van der Waals surface area (Å²) in [5.41, 5.74) is 3.90. The number of unbranched alkanes of at least 4 members (excludes halogenated alkanes) is 1. The van der Waals surface area contributed by atoms with Crippen molar-refractivity contribution >= 4 is 21.9 Å². The molecule has 0 radical (unpaired) electrons. The first-order chi connectivity index (χ1) is 16.8. The summed E-state index contributed by atoms with van der Waals surface area (Å²) in [5.74, 6) is 2.51. The maximum absolute atomic E-state index is 6.24. The van der Waals surface area contributed by atoms with Gasteiger partial charge in [0.05, 0.1) is 17.6 Å². The maximum atomic E-state index is 6.24. The van der Waals surface area contributed by atoms with Gasteiger partial charge >= 0.3 is 0 Å². The number of aryl methyl sites for hydroxylation is 1. The van der Waals surface area contributed by atoms with E-state index >= 15 is 0 Å². The summed E-state index contributed by atoms with van der Waals surface area (Å²) in [5, 5.41) is 1.08.